The molecule has 3 heteroatoms. The molecule has 0 saturated heterocycles. The van der Waals surface area contributed by atoms with Crippen LogP contribution in [0.5, 0.6) is 0 Å². The maximum absolute atomic E-state index is 12.6. The molecule has 1 aliphatic heterocycles. The highest BCUT2D eigenvalue weighted by Crippen LogP contribution is 2.57. The molecule has 22 heavy (non-hydrogen) atoms. The first kappa shape index (κ1) is 15.5. The zero-order valence-corrected chi connectivity index (χ0v) is 14.2. The Morgan fingerprint density at radius 3 is 2.50 bits per heavy atom. The lowest BCUT2D eigenvalue weighted by Crippen LogP contribution is -2.53. The van der Waals surface area contributed by atoms with E-state index in [0.717, 1.165) is 30.4 Å². The average molecular weight is 302 g/mol. The number of Topliss-reactive ketones (excluding diaryl/α,β-unsaturated/α-hetero) is 1. The molecule has 0 N–H and O–H groups in total. The predicted molar refractivity (Wildman–Crippen MR) is 85.1 cm³/mol. The van der Waals surface area contributed by atoms with Crippen LogP contribution in [0.1, 0.15) is 53.9 Å². The monoisotopic (exact) mass is 302 g/mol. The van der Waals surface area contributed by atoms with Gasteiger partial charge in [0.15, 0.2) is 11.4 Å². The van der Waals surface area contributed by atoms with Gasteiger partial charge < -0.3 is 4.74 Å². The van der Waals surface area contributed by atoms with Crippen molar-refractivity contribution < 1.29 is 14.3 Å². The van der Waals surface area contributed by atoms with Crippen LogP contribution in [0.4, 0.5) is 0 Å². The van der Waals surface area contributed by atoms with Crippen molar-refractivity contribution in [3.63, 3.8) is 0 Å². The van der Waals surface area contributed by atoms with E-state index in [1.54, 1.807) is 6.92 Å². The van der Waals surface area contributed by atoms with Gasteiger partial charge >= 0.3 is 5.97 Å². The Labute approximate surface area is 132 Å². The first-order valence-electron chi connectivity index (χ1n) is 8.43. The fourth-order valence-electron chi connectivity index (χ4n) is 4.91. The highest BCUT2D eigenvalue weighted by atomic mass is 16.6. The molecule has 0 aromatic rings. The average Bonchev–Trinajstić information content (AvgIpc) is 2.73. The number of ketones is 1. The Hall–Kier alpha value is -1.38. The molecule has 0 spiro atoms. The maximum atomic E-state index is 12.6. The third kappa shape index (κ3) is 1.94. The van der Waals surface area contributed by atoms with Crippen LogP contribution in [0.3, 0.4) is 0 Å². The summed E-state index contributed by atoms with van der Waals surface area (Å²) in [4.78, 5) is 25.2. The van der Waals surface area contributed by atoms with E-state index in [2.05, 4.69) is 19.9 Å². The van der Waals surface area contributed by atoms with Crippen molar-refractivity contribution in [3.05, 3.63) is 22.8 Å². The topological polar surface area (TPSA) is 43.4 Å². The summed E-state index contributed by atoms with van der Waals surface area (Å²) in [6, 6.07) is 0. The highest BCUT2D eigenvalue weighted by molar-refractivity contribution is 6.03. The molecule has 0 bridgehead atoms. The lowest BCUT2D eigenvalue weighted by molar-refractivity contribution is -0.161. The molecule has 1 heterocycles. The first-order valence-corrected chi connectivity index (χ1v) is 8.43. The van der Waals surface area contributed by atoms with Crippen LogP contribution >= 0.6 is 0 Å². The van der Waals surface area contributed by atoms with Gasteiger partial charge in [-0.3, -0.25) is 4.79 Å². The minimum atomic E-state index is -1.02. The summed E-state index contributed by atoms with van der Waals surface area (Å²) < 4.78 is 5.85. The molecule has 2 aliphatic carbocycles. The molecular formula is C19H26O3. The van der Waals surface area contributed by atoms with Gasteiger partial charge in [-0.15, -0.1) is 0 Å². The first-order chi connectivity index (χ1) is 10.3. The van der Waals surface area contributed by atoms with Crippen molar-refractivity contribution in [1.82, 2.24) is 0 Å². The van der Waals surface area contributed by atoms with Gasteiger partial charge in [0.2, 0.25) is 0 Å². The van der Waals surface area contributed by atoms with E-state index in [9.17, 15) is 9.59 Å². The van der Waals surface area contributed by atoms with Crippen molar-refractivity contribution in [2.75, 3.05) is 0 Å². The predicted octanol–water partition coefficient (Wildman–Crippen LogP) is 3.84. The number of allylic oxidation sites excluding steroid dienone is 1. The SMILES string of the molecule is CC(=O)[C@@]12OC(=O)C3=C1[C@H](CC[C@@H]3C)[C@@H](C)C[C@H]2C=C(C)C. The second kappa shape index (κ2) is 5.07. The summed E-state index contributed by atoms with van der Waals surface area (Å²) in [5.74, 6) is 0.729. The number of hydrogen-bond acceptors (Lipinski definition) is 3. The van der Waals surface area contributed by atoms with Crippen LogP contribution in [0.2, 0.25) is 0 Å². The number of esters is 1. The summed E-state index contributed by atoms with van der Waals surface area (Å²) >= 11 is 0. The molecule has 0 amide bonds. The molecule has 0 aromatic heterocycles. The Bertz CT molecular complexity index is 594. The van der Waals surface area contributed by atoms with Crippen LogP contribution in [-0.4, -0.2) is 17.4 Å². The van der Waals surface area contributed by atoms with Gasteiger partial charge in [-0.1, -0.05) is 25.5 Å². The molecule has 5 atom stereocenters. The van der Waals surface area contributed by atoms with Gasteiger partial charge in [0, 0.05) is 11.5 Å². The number of carbonyl (C=O) groups excluding carboxylic acids is 2. The van der Waals surface area contributed by atoms with Crippen LogP contribution in [-0.2, 0) is 14.3 Å². The van der Waals surface area contributed by atoms with Gasteiger partial charge in [-0.25, -0.2) is 4.79 Å². The van der Waals surface area contributed by atoms with Gasteiger partial charge in [0.25, 0.3) is 0 Å². The maximum Gasteiger partial charge on any atom is 0.335 e. The normalized spacial score (nSPS) is 40.1. The summed E-state index contributed by atoms with van der Waals surface area (Å²) in [6.07, 6.45) is 5.13. The molecule has 0 aromatic carbocycles. The Morgan fingerprint density at radius 1 is 1.23 bits per heavy atom. The lowest BCUT2D eigenvalue weighted by atomic mass is 9.57. The van der Waals surface area contributed by atoms with Crippen molar-refractivity contribution in [2.24, 2.45) is 23.7 Å². The van der Waals surface area contributed by atoms with Gasteiger partial charge in [-0.05, 0) is 63.4 Å². The van der Waals surface area contributed by atoms with Crippen molar-refractivity contribution in [3.8, 4) is 0 Å². The molecule has 1 fully saturated rings. The van der Waals surface area contributed by atoms with E-state index in [4.69, 9.17) is 4.74 Å². The van der Waals surface area contributed by atoms with Gasteiger partial charge in [0.1, 0.15) is 0 Å². The Morgan fingerprint density at radius 2 is 1.91 bits per heavy atom. The van der Waals surface area contributed by atoms with Crippen molar-refractivity contribution >= 4 is 11.8 Å². The van der Waals surface area contributed by atoms with E-state index >= 15 is 0 Å². The van der Waals surface area contributed by atoms with Crippen LogP contribution < -0.4 is 0 Å². The van der Waals surface area contributed by atoms with E-state index in [1.165, 1.54) is 5.57 Å². The highest BCUT2D eigenvalue weighted by Gasteiger charge is 2.62. The van der Waals surface area contributed by atoms with E-state index in [0.29, 0.717) is 11.8 Å². The van der Waals surface area contributed by atoms with Crippen molar-refractivity contribution in [2.45, 2.75) is 59.5 Å². The van der Waals surface area contributed by atoms with E-state index < -0.39 is 5.60 Å². The summed E-state index contributed by atoms with van der Waals surface area (Å²) in [6.45, 7) is 10.0. The third-order valence-corrected chi connectivity index (χ3v) is 5.83. The summed E-state index contributed by atoms with van der Waals surface area (Å²) in [5, 5.41) is 0. The fourth-order valence-corrected chi connectivity index (χ4v) is 4.91. The molecule has 0 radical (unpaired) electrons. The van der Waals surface area contributed by atoms with E-state index in [-0.39, 0.29) is 23.6 Å². The molecule has 3 aliphatic rings. The van der Waals surface area contributed by atoms with Gasteiger partial charge in [-0.2, -0.15) is 0 Å². The smallest absolute Gasteiger partial charge is 0.335 e. The number of hydrogen-bond donors (Lipinski definition) is 0. The van der Waals surface area contributed by atoms with E-state index in [1.807, 2.05) is 13.8 Å². The molecule has 1 saturated carbocycles. The second-order valence-corrected chi connectivity index (χ2v) is 7.66. The third-order valence-electron chi connectivity index (χ3n) is 5.83. The Kier molecular flexibility index (Phi) is 3.58. The van der Waals surface area contributed by atoms with Crippen LogP contribution in [0.15, 0.2) is 22.8 Å². The number of ether oxygens (including phenoxy) is 1. The summed E-state index contributed by atoms with van der Waals surface area (Å²) in [5.41, 5.74) is 2.00. The molecule has 3 nitrogen and oxygen atoms in total. The minimum Gasteiger partial charge on any atom is -0.442 e. The zero-order valence-electron chi connectivity index (χ0n) is 14.2. The standard InChI is InChI=1S/C19H26O3/c1-10(2)8-14-9-12(4)15-7-6-11(3)16-17(15)19(14,13(5)20)22-18(16)21/h8,11-12,14-15H,6-7,9H2,1-5H3/t11-,12-,14+,15+,19-/m0/s1. The Balaban J connectivity index is 2.24. The quantitative estimate of drug-likeness (QED) is 0.575. The van der Waals surface area contributed by atoms with Crippen molar-refractivity contribution in [1.29, 1.82) is 0 Å². The van der Waals surface area contributed by atoms with Crippen LogP contribution in [0.25, 0.3) is 0 Å². The number of rotatable bonds is 2. The molecule has 3 rings (SSSR count). The lowest BCUT2D eigenvalue weighted by Gasteiger charge is -2.47. The molecular weight excluding hydrogens is 276 g/mol. The summed E-state index contributed by atoms with van der Waals surface area (Å²) in [7, 11) is 0. The fraction of sp³-hybridized carbons (Fsp3) is 0.684. The molecule has 120 valence electrons. The minimum absolute atomic E-state index is 0.0145. The molecule has 0 unspecified atom stereocenters. The van der Waals surface area contributed by atoms with Gasteiger partial charge in [0.05, 0.1) is 0 Å². The second-order valence-electron chi connectivity index (χ2n) is 7.66. The zero-order chi connectivity index (χ0) is 16.2. The van der Waals surface area contributed by atoms with Crippen LogP contribution in [0, 0.1) is 23.7 Å². The largest absolute Gasteiger partial charge is 0.442 e. The number of carbonyl (C=O) groups is 2.